The van der Waals surface area contributed by atoms with E-state index in [9.17, 15) is 15.0 Å². The van der Waals surface area contributed by atoms with E-state index >= 15 is 0 Å². The van der Waals surface area contributed by atoms with Crippen LogP contribution in [0.15, 0.2) is 24.3 Å². The van der Waals surface area contributed by atoms with Gasteiger partial charge >= 0.3 is 0 Å². The number of amides is 1. The molecule has 1 amide bonds. The van der Waals surface area contributed by atoms with Gasteiger partial charge in [-0.3, -0.25) is 4.79 Å². The van der Waals surface area contributed by atoms with E-state index in [1.165, 1.54) is 161 Å². The van der Waals surface area contributed by atoms with Crippen LogP contribution in [0.4, 0.5) is 0 Å². The first-order valence-corrected chi connectivity index (χ1v) is 20.6. The summed E-state index contributed by atoms with van der Waals surface area (Å²) in [5.41, 5.74) is 0. The monoisotopic (exact) mass is 648 g/mol. The van der Waals surface area contributed by atoms with Crippen LogP contribution in [-0.4, -0.2) is 34.9 Å². The van der Waals surface area contributed by atoms with Crippen molar-refractivity contribution in [2.24, 2.45) is 0 Å². The van der Waals surface area contributed by atoms with Gasteiger partial charge in [0.2, 0.25) is 5.91 Å². The molecule has 0 aliphatic carbocycles. The molecular weight excluding hydrogens is 566 g/mol. The van der Waals surface area contributed by atoms with Crippen molar-refractivity contribution in [3.8, 4) is 0 Å². The third kappa shape index (κ3) is 34.2. The van der Waals surface area contributed by atoms with Crippen molar-refractivity contribution in [2.45, 2.75) is 231 Å². The molecule has 0 fully saturated rings. The molecule has 272 valence electrons. The molecule has 0 radical (unpaired) electrons. The molecule has 0 saturated carbocycles. The van der Waals surface area contributed by atoms with E-state index in [4.69, 9.17) is 0 Å². The molecule has 0 spiro atoms. The lowest BCUT2D eigenvalue weighted by Crippen LogP contribution is -2.45. The van der Waals surface area contributed by atoms with Gasteiger partial charge in [0, 0.05) is 6.42 Å². The third-order valence-corrected chi connectivity index (χ3v) is 9.49. The SMILES string of the molecule is CCCCC/C=C\C=C/CCCCCCCCC(=O)NC(CO)C(O)CCCCCCCCCCCCCCCCCCCCC. The number of hydrogen-bond acceptors (Lipinski definition) is 3. The summed E-state index contributed by atoms with van der Waals surface area (Å²) in [6.07, 6.45) is 48.1. The maximum atomic E-state index is 12.4. The van der Waals surface area contributed by atoms with Gasteiger partial charge in [-0.15, -0.1) is 0 Å². The summed E-state index contributed by atoms with van der Waals surface area (Å²) in [7, 11) is 0. The van der Waals surface area contributed by atoms with Gasteiger partial charge in [-0.1, -0.05) is 199 Å². The van der Waals surface area contributed by atoms with Crippen LogP contribution < -0.4 is 5.32 Å². The van der Waals surface area contributed by atoms with Crippen molar-refractivity contribution in [1.82, 2.24) is 5.32 Å². The minimum atomic E-state index is -0.662. The van der Waals surface area contributed by atoms with Gasteiger partial charge in [-0.05, 0) is 38.5 Å². The fraction of sp³-hybridized carbons (Fsp3) is 0.881. The first-order valence-electron chi connectivity index (χ1n) is 20.6. The highest BCUT2D eigenvalue weighted by Gasteiger charge is 2.19. The maximum absolute atomic E-state index is 12.4. The van der Waals surface area contributed by atoms with Crippen molar-refractivity contribution in [3.63, 3.8) is 0 Å². The van der Waals surface area contributed by atoms with Crippen LogP contribution in [0.25, 0.3) is 0 Å². The number of hydrogen-bond donors (Lipinski definition) is 3. The Labute approximate surface area is 288 Å². The summed E-state index contributed by atoms with van der Waals surface area (Å²) < 4.78 is 0. The molecule has 0 aromatic heterocycles. The van der Waals surface area contributed by atoms with Crippen LogP contribution in [0.2, 0.25) is 0 Å². The van der Waals surface area contributed by atoms with E-state index in [2.05, 4.69) is 43.5 Å². The van der Waals surface area contributed by atoms with Gasteiger partial charge in [-0.25, -0.2) is 0 Å². The Morgan fingerprint density at radius 1 is 0.522 bits per heavy atom. The van der Waals surface area contributed by atoms with Gasteiger partial charge in [0.05, 0.1) is 18.8 Å². The second kappa shape index (κ2) is 38.3. The summed E-state index contributed by atoms with van der Waals surface area (Å²) in [4.78, 5) is 12.4. The number of aliphatic hydroxyl groups is 2. The van der Waals surface area contributed by atoms with E-state index in [1.807, 2.05) is 0 Å². The highest BCUT2D eigenvalue weighted by Crippen LogP contribution is 2.16. The number of carbonyl (C=O) groups excluding carboxylic acids is 1. The van der Waals surface area contributed by atoms with Gasteiger partial charge < -0.3 is 15.5 Å². The maximum Gasteiger partial charge on any atom is 0.220 e. The zero-order valence-corrected chi connectivity index (χ0v) is 31.1. The van der Waals surface area contributed by atoms with Gasteiger partial charge in [-0.2, -0.15) is 0 Å². The quantitative estimate of drug-likeness (QED) is 0.0464. The van der Waals surface area contributed by atoms with Crippen LogP contribution >= 0.6 is 0 Å². The van der Waals surface area contributed by atoms with Crippen LogP contribution in [0.5, 0.6) is 0 Å². The minimum Gasteiger partial charge on any atom is -0.394 e. The molecule has 4 heteroatoms. The lowest BCUT2D eigenvalue weighted by Gasteiger charge is -2.22. The number of aliphatic hydroxyl groups excluding tert-OH is 2. The smallest absolute Gasteiger partial charge is 0.220 e. The number of nitrogens with one attached hydrogen (secondary N) is 1. The molecule has 0 rings (SSSR count). The van der Waals surface area contributed by atoms with Crippen LogP contribution in [0.3, 0.4) is 0 Å². The number of rotatable bonds is 37. The second-order valence-corrected chi connectivity index (χ2v) is 14.1. The Balaban J connectivity index is 3.53. The number of allylic oxidation sites excluding steroid dienone is 4. The minimum absolute atomic E-state index is 0.0425. The van der Waals surface area contributed by atoms with Crippen molar-refractivity contribution in [1.29, 1.82) is 0 Å². The van der Waals surface area contributed by atoms with E-state index in [1.54, 1.807) is 0 Å². The Bertz CT molecular complexity index is 661. The number of carbonyl (C=O) groups is 1. The highest BCUT2D eigenvalue weighted by atomic mass is 16.3. The lowest BCUT2D eigenvalue weighted by molar-refractivity contribution is -0.123. The van der Waals surface area contributed by atoms with Gasteiger partial charge in [0.15, 0.2) is 0 Å². The topological polar surface area (TPSA) is 69.6 Å². The molecule has 2 atom stereocenters. The first-order chi connectivity index (χ1) is 22.7. The highest BCUT2D eigenvalue weighted by molar-refractivity contribution is 5.76. The predicted molar refractivity (Wildman–Crippen MR) is 202 cm³/mol. The second-order valence-electron chi connectivity index (χ2n) is 14.1. The Morgan fingerprint density at radius 2 is 0.870 bits per heavy atom. The zero-order valence-electron chi connectivity index (χ0n) is 31.1. The van der Waals surface area contributed by atoms with Crippen LogP contribution in [0.1, 0.15) is 219 Å². The standard InChI is InChI=1S/C42H81NO3/c1-3-5-7-9-11-13-15-17-19-20-21-22-24-25-27-29-31-33-35-37-41(45)40(39-44)43-42(46)38-36-34-32-30-28-26-23-18-16-14-12-10-8-6-4-2/h12,14,16,18,40-41,44-45H,3-11,13,15,17,19-39H2,1-2H3,(H,43,46)/b14-12-,18-16-. The molecule has 4 nitrogen and oxygen atoms in total. The summed E-state index contributed by atoms with van der Waals surface area (Å²) in [6.45, 7) is 4.33. The van der Waals surface area contributed by atoms with E-state index in [0.717, 1.165) is 32.1 Å². The van der Waals surface area contributed by atoms with Crippen molar-refractivity contribution < 1.29 is 15.0 Å². The van der Waals surface area contributed by atoms with Crippen LogP contribution in [0, 0.1) is 0 Å². The first kappa shape index (κ1) is 44.9. The molecule has 0 aliphatic heterocycles. The Hall–Kier alpha value is -1.13. The van der Waals surface area contributed by atoms with Crippen molar-refractivity contribution >= 4 is 5.91 Å². The molecule has 46 heavy (non-hydrogen) atoms. The Morgan fingerprint density at radius 3 is 1.30 bits per heavy atom. The lowest BCUT2D eigenvalue weighted by atomic mass is 10.0. The molecule has 0 aliphatic rings. The molecule has 0 bridgehead atoms. The molecule has 0 aromatic rings. The molecule has 0 saturated heterocycles. The summed E-state index contributed by atoms with van der Waals surface area (Å²) in [5.74, 6) is -0.0425. The van der Waals surface area contributed by atoms with E-state index in [0.29, 0.717) is 12.8 Å². The van der Waals surface area contributed by atoms with Gasteiger partial charge in [0.1, 0.15) is 0 Å². The largest absolute Gasteiger partial charge is 0.394 e. The summed E-state index contributed by atoms with van der Waals surface area (Å²) in [6, 6.07) is -0.540. The summed E-state index contributed by atoms with van der Waals surface area (Å²) in [5, 5.41) is 23.1. The average molecular weight is 648 g/mol. The fourth-order valence-electron chi connectivity index (χ4n) is 6.29. The molecule has 0 aromatic carbocycles. The van der Waals surface area contributed by atoms with Crippen LogP contribution in [-0.2, 0) is 4.79 Å². The van der Waals surface area contributed by atoms with Gasteiger partial charge in [0.25, 0.3) is 0 Å². The summed E-state index contributed by atoms with van der Waals surface area (Å²) >= 11 is 0. The molecular formula is C42H81NO3. The third-order valence-electron chi connectivity index (χ3n) is 9.49. The molecule has 3 N–H and O–H groups in total. The normalized spacial score (nSPS) is 13.2. The predicted octanol–water partition coefficient (Wildman–Crippen LogP) is 12.5. The zero-order chi connectivity index (χ0) is 33.6. The molecule has 2 unspecified atom stereocenters. The van der Waals surface area contributed by atoms with E-state index in [-0.39, 0.29) is 12.5 Å². The average Bonchev–Trinajstić information content (AvgIpc) is 3.06. The molecule has 0 heterocycles. The number of unbranched alkanes of at least 4 members (excludes halogenated alkanes) is 27. The van der Waals surface area contributed by atoms with Crippen molar-refractivity contribution in [2.75, 3.05) is 6.61 Å². The van der Waals surface area contributed by atoms with Crippen molar-refractivity contribution in [3.05, 3.63) is 24.3 Å². The van der Waals surface area contributed by atoms with E-state index < -0.39 is 12.1 Å². The fourth-order valence-corrected chi connectivity index (χ4v) is 6.29. The Kier molecular flexibility index (Phi) is 37.4.